The summed E-state index contributed by atoms with van der Waals surface area (Å²) >= 11 is 0. The van der Waals surface area contributed by atoms with Crippen LogP contribution >= 0.6 is 0 Å². The molecule has 3 aromatic carbocycles. The van der Waals surface area contributed by atoms with Gasteiger partial charge in [0.05, 0.1) is 0 Å². The first-order valence-electron chi connectivity index (χ1n) is 6.88. The van der Waals surface area contributed by atoms with Crippen LogP contribution in [0.1, 0.15) is 15.9 Å². The molecule has 0 atom stereocenters. The van der Waals surface area contributed by atoms with Crippen LogP contribution < -0.4 is 10.3 Å². The highest BCUT2D eigenvalue weighted by molar-refractivity contribution is 5.93. The molecule has 4 heteroatoms. The minimum absolute atomic E-state index is 0.221. The zero-order chi connectivity index (χ0) is 15.4. The van der Waals surface area contributed by atoms with Crippen molar-refractivity contribution in [2.24, 2.45) is 0 Å². The maximum Gasteiger partial charge on any atom is 0.279 e. The van der Waals surface area contributed by atoms with E-state index in [1.54, 1.807) is 12.1 Å². The first-order chi connectivity index (χ1) is 10.8. The third kappa shape index (κ3) is 3.06. The fourth-order valence-corrected chi connectivity index (χ4v) is 2.28. The maximum atomic E-state index is 12.2. The van der Waals surface area contributed by atoms with Gasteiger partial charge in [0.25, 0.3) is 5.91 Å². The van der Waals surface area contributed by atoms with Crippen LogP contribution in [0.15, 0.2) is 66.7 Å². The molecule has 3 aromatic rings. The molecule has 0 aliphatic rings. The Balaban J connectivity index is 1.75. The predicted molar refractivity (Wildman–Crippen MR) is 83.3 cm³/mol. The Labute approximate surface area is 127 Å². The van der Waals surface area contributed by atoms with Gasteiger partial charge in [-0.25, -0.2) is 0 Å². The number of fused-ring (bicyclic) bond motifs is 1. The molecule has 0 spiro atoms. The Kier molecular flexibility index (Phi) is 4.01. The summed E-state index contributed by atoms with van der Waals surface area (Å²) in [6.07, 6.45) is 0. The average Bonchev–Trinajstić information content (AvgIpc) is 2.59. The SMILES string of the molecule is O=C(NF)c1cccc(OCc2ccc3ccccc3c2)c1. The molecule has 3 rings (SSSR count). The largest absolute Gasteiger partial charge is 0.489 e. The number of hydrogen-bond donors (Lipinski definition) is 1. The number of carbonyl (C=O) groups is 1. The van der Waals surface area contributed by atoms with Crippen LogP contribution in [0, 0.1) is 0 Å². The van der Waals surface area contributed by atoms with E-state index < -0.39 is 5.91 Å². The second-order valence-corrected chi connectivity index (χ2v) is 4.92. The Bertz CT molecular complexity index is 817. The summed E-state index contributed by atoms with van der Waals surface area (Å²) in [6.45, 7) is 0.380. The molecule has 22 heavy (non-hydrogen) atoms. The summed E-state index contributed by atoms with van der Waals surface area (Å²) < 4.78 is 17.8. The van der Waals surface area contributed by atoms with Crippen molar-refractivity contribution in [3.05, 3.63) is 77.9 Å². The fourth-order valence-electron chi connectivity index (χ4n) is 2.28. The van der Waals surface area contributed by atoms with E-state index in [2.05, 4.69) is 12.1 Å². The van der Waals surface area contributed by atoms with E-state index in [1.165, 1.54) is 17.5 Å². The molecule has 1 N–H and O–H groups in total. The first-order valence-corrected chi connectivity index (χ1v) is 6.88. The number of hydrogen-bond acceptors (Lipinski definition) is 2. The lowest BCUT2D eigenvalue weighted by Gasteiger charge is -2.08. The summed E-state index contributed by atoms with van der Waals surface area (Å²) in [4.78, 5) is 11.2. The Morgan fingerprint density at radius 1 is 0.955 bits per heavy atom. The van der Waals surface area contributed by atoms with Gasteiger partial charge in [-0.1, -0.05) is 46.9 Å². The van der Waals surface area contributed by atoms with Gasteiger partial charge in [0.1, 0.15) is 12.4 Å². The molecule has 0 fully saturated rings. The number of benzene rings is 3. The molecule has 0 aliphatic carbocycles. The van der Waals surface area contributed by atoms with Gasteiger partial charge < -0.3 is 4.74 Å². The first kappa shape index (κ1) is 14.1. The van der Waals surface area contributed by atoms with E-state index in [1.807, 2.05) is 30.3 Å². The van der Waals surface area contributed by atoms with E-state index in [-0.39, 0.29) is 5.56 Å². The lowest BCUT2D eigenvalue weighted by atomic mass is 10.1. The van der Waals surface area contributed by atoms with E-state index >= 15 is 0 Å². The number of halogens is 1. The van der Waals surface area contributed by atoms with Crippen molar-refractivity contribution in [1.82, 2.24) is 5.54 Å². The normalized spacial score (nSPS) is 10.4. The topological polar surface area (TPSA) is 38.3 Å². The van der Waals surface area contributed by atoms with Crippen molar-refractivity contribution in [1.29, 1.82) is 0 Å². The molecular formula is C18H14FNO2. The molecule has 0 saturated heterocycles. The Hall–Kier alpha value is -2.88. The third-order valence-corrected chi connectivity index (χ3v) is 3.40. The molecule has 0 heterocycles. The van der Waals surface area contributed by atoms with Crippen molar-refractivity contribution in [3.8, 4) is 5.75 Å². The van der Waals surface area contributed by atoms with Crippen molar-refractivity contribution in [3.63, 3.8) is 0 Å². The van der Waals surface area contributed by atoms with Crippen LogP contribution in [-0.2, 0) is 6.61 Å². The summed E-state index contributed by atoms with van der Waals surface area (Å²) in [7, 11) is 0. The van der Waals surface area contributed by atoms with Crippen molar-refractivity contribution >= 4 is 16.7 Å². The van der Waals surface area contributed by atoms with Gasteiger partial charge in [-0.05, 0) is 40.6 Å². The lowest BCUT2D eigenvalue weighted by molar-refractivity contribution is 0.0859. The van der Waals surface area contributed by atoms with Gasteiger partial charge in [0, 0.05) is 5.56 Å². The van der Waals surface area contributed by atoms with Crippen LogP contribution in [0.2, 0.25) is 0 Å². The van der Waals surface area contributed by atoms with E-state index in [0.717, 1.165) is 16.5 Å². The number of rotatable bonds is 4. The van der Waals surface area contributed by atoms with Gasteiger partial charge in [-0.2, -0.15) is 5.54 Å². The molecule has 1 amide bonds. The number of carbonyl (C=O) groups excluding carboxylic acids is 1. The third-order valence-electron chi connectivity index (χ3n) is 3.40. The van der Waals surface area contributed by atoms with E-state index in [0.29, 0.717) is 12.4 Å². The lowest BCUT2D eigenvalue weighted by Crippen LogP contribution is -2.13. The number of nitrogens with one attached hydrogen (secondary N) is 1. The van der Waals surface area contributed by atoms with Gasteiger partial charge in [0.15, 0.2) is 0 Å². The number of amides is 1. The van der Waals surface area contributed by atoms with Crippen molar-refractivity contribution in [2.75, 3.05) is 0 Å². The second-order valence-electron chi connectivity index (χ2n) is 4.92. The zero-order valence-electron chi connectivity index (χ0n) is 11.8. The van der Waals surface area contributed by atoms with Crippen LogP contribution in [0.3, 0.4) is 0 Å². The molecule has 110 valence electrons. The summed E-state index contributed by atoms with van der Waals surface area (Å²) in [5.41, 5.74) is 2.36. The Morgan fingerprint density at radius 2 is 1.77 bits per heavy atom. The molecule has 0 saturated carbocycles. The van der Waals surface area contributed by atoms with Crippen LogP contribution in [0.5, 0.6) is 5.75 Å². The minimum atomic E-state index is -0.781. The molecule has 0 aliphatic heterocycles. The van der Waals surface area contributed by atoms with Gasteiger partial charge in [-0.3, -0.25) is 4.79 Å². The summed E-state index contributed by atoms with van der Waals surface area (Å²) in [6, 6.07) is 20.6. The van der Waals surface area contributed by atoms with Gasteiger partial charge in [-0.15, -0.1) is 0 Å². The molecule has 3 nitrogen and oxygen atoms in total. The average molecular weight is 295 g/mol. The van der Waals surface area contributed by atoms with E-state index in [4.69, 9.17) is 4.74 Å². The second kappa shape index (κ2) is 6.26. The highest BCUT2D eigenvalue weighted by atomic mass is 19.2. The molecule has 0 aromatic heterocycles. The molecule has 0 bridgehead atoms. The Morgan fingerprint density at radius 3 is 2.59 bits per heavy atom. The monoisotopic (exact) mass is 295 g/mol. The highest BCUT2D eigenvalue weighted by Crippen LogP contribution is 2.19. The van der Waals surface area contributed by atoms with Gasteiger partial charge >= 0.3 is 0 Å². The smallest absolute Gasteiger partial charge is 0.279 e. The van der Waals surface area contributed by atoms with Crippen LogP contribution in [-0.4, -0.2) is 5.91 Å². The van der Waals surface area contributed by atoms with Crippen molar-refractivity contribution in [2.45, 2.75) is 6.61 Å². The quantitative estimate of drug-likeness (QED) is 0.738. The predicted octanol–water partition coefficient (Wildman–Crippen LogP) is 4.03. The highest BCUT2D eigenvalue weighted by Gasteiger charge is 2.06. The number of ether oxygens (including phenoxy) is 1. The standard InChI is InChI=1S/C18H14FNO2/c19-20-18(21)16-6-3-7-17(11-16)22-12-13-8-9-14-4-1-2-5-15(14)10-13/h1-11H,12H2,(H,20,21). The maximum absolute atomic E-state index is 12.2. The van der Waals surface area contributed by atoms with E-state index in [9.17, 15) is 9.28 Å². The minimum Gasteiger partial charge on any atom is -0.489 e. The summed E-state index contributed by atoms with van der Waals surface area (Å²) in [5.74, 6) is -0.259. The molecule has 0 radical (unpaired) electrons. The van der Waals surface area contributed by atoms with Gasteiger partial charge in [0.2, 0.25) is 0 Å². The van der Waals surface area contributed by atoms with Crippen LogP contribution in [0.25, 0.3) is 10.8 Å². The van der Waals surface area contributed by atoms with Crippen LogP contribution in [0.4, 0.5) is 4.48 Å². The molecule has 0 unspecified atom stereocenters. The fraction of sp³-hybridized carbons (Fsp3) is 0.0556. The van der Waals surface area contributed by atoms with Crippen molar-refractivity contribution < 1.29 is 14.0 Å². The summed E-state index contributed by atoms with van der Waals surface area (Å²) in [5, 5.41) is 2.32. The molecular weight excluding hydrogens is 281 g/mol. The zero-order valence-corrected chi connectivity index (χ0v) is 11.8.